The number of nitrogens with zero attached hydrogens (tertiary/aromatic N) is 2. The maximum absolute atomic E-state index is 11.4. The van der Waals surface area contributed by atoms with Crippen LogP contribution in [0.3, 0.4) is 0 Å². The molecule has 0 spiro atoms. The second-order valence-electron chi connectivity index (χ2n) is 4.98. The van der Waals surface area contributed by atoms with E-state index in [9.17, 15) is 4.79 Å². The number of hydrogen-bond donors (Lipinski definition) is 2. The molecule has 17 heavy (non-hydrogen) atoms. The van der Waals surface area contributed by atoms with E-state index < -0.39 is 0 Å². The fraction of sp³-hybridized carbons (Fsp3) is 0.917. The van der Waals surface area contributed by atoms with E-state index in [2.05, 4.69) is 10.2 Å². The van der Waals surface area contributed by atoms with Gasteiger partial charge in [0.05, 0.1) is 0 Å². The van der Waals surface area contributed by atoms with Crippen LogP contribution in [-0.4, -0.2) is 61.1 Å². The zero-order valence-corrected chi connectivity index (χ0v) is 10.5. The van der Waals surface area contributed by atoms with Gasteiger partial charge in [-0.2, -0.15) is 0 Å². The third kappa shape index (κ3) is 3.33. The standard InChI is InChI=1S/C12H24N4O/c13-5-4-11-3-1-2-7-15(11)9-10-16-8-6-14-12(16)17/h11H,1-10,13H2,(H,14,17). The van der Waals surface area contributed by atoms with Crippen molar-refractivity contribution in [1.29, 1.82) is 0 Å². The molecule has 0 aromatic carbocycles. The van der Waals surface area contributed by atoms with Gasteiger partial charge in [-0.15, -0.1) is 0 Å². The van der Waals surface area contributed by atoms with Crippen LogP contribution in [0, 0.1) is 0 Å². The van der Waals surface area contributed by atoms with Gasteiger partial charge in [-0.1, -0.05) is 6.42 Å². The Labute approximate surface area is 103 Å². The summed E-state index contributed by atoms with van der Waals surface area (Å²) < 4.78 is 0. The van der Waals surface area contributed by atoms with Crippen LogP contribution in [0.5, 0.6) is 0 Å². The molecule has 2 rings (SSSR count). The molecule has 2 saturated heterocycles. The predicted octanol–water partition coefficient (Wildman–Crippen LogP) is 0.215. The zero-order chi connectivity index (χ0) is 12.1. The molecular formula is C12H24N4O. The Morgan fingerprint density at radius 2 is 2.18 bits per heavy atom. The van der Waals surface area contributed by atoms with Gasteiger partial charge in [0.1, 0.15) is 0 Å². The van der Waals surface area contributed by atoms with Crippen molar-refractivity contribution in [2.24, 2.45) is 5.73 Å². The van der Waals surface area contributed by atoms with E-state index in [1.165, 1.54) is 25.8 Å². The Morgan fingerprint density at radius 3 is 2.88 bits per heavy atom. The molecule has 98 valence electrons. The van der Waals surface area contributed by atoms with Crippen molar-refractivity contribution in [2.75, 3.05) is 39.3 Å². The van der Waals surface area contributed by atoms with E-state index in [1.54, 1.807) is 0 Å². The molecule has 2 aliphatic heterocycles. The molecule has 5 heteroatoms. The summed E-state index contributed by atoms with van der Waals surface area (Å²) in [6.07, 6.45) is 4.97. The minimum absolute atomic E-state index is 0.0948. The lowest BCUT2D eigenvalue weighted by molar-refractivity contribution is 0.129. The minimum atomic E-state index is 0.0948. The van der Waals surface area contributed by atoms with Crippen LogP contribution < -0.4 is 11.1 Å². The van der Waals surface area contributed by atoms with Crippen molar-refractivity contribution in [3.05, 3.63) is 0 Å². The smallest absolute Gasteiger partial charge is 0.317 e. The van der Waals surface area contributed by atoms with Gasteiger partial charge in [0, 0.05) is 32.2 Å². The molecule has 0 aromatic rings. The summed E-state index contributed by atoms with van der Waals surface area (Å²) in [5.74, 6) is 0. The Hall–Kier alpha value is -0.810. The van der Waals surface area contributed by atoms with Gasteiger partial charge in [0.15, 0.2) is 0 Å². The molecule has 2 heterocycles. The van der Waals surface area contributed by atoms with Crippen molar-refractivity contribution in [1.82, 2.24) is 15.1 Å². The number of hydrogen-bond acceptors (Lipinski definition) is 3. The molecule has 1 unspecified atom stereocenters. The van der Waals surface area contributed by atoms with Gasteiger partial charge >= 0.3 is 6.03 Å². The molecule has 2 fully saturated rings. The lowest BCUT2D eigenvalue weighted by atomic mass is 9.99. The highest BCUT2D eigenvalue weighted by Gasteiger charge is 2.24. The normalized spacial score (nSPS) is 26.3. The first kappa shape index (κ1) is 12.6. The molecule has 0 bridgehead atoms. The Balaban J connectivity index is 1.77. The number of nitrogens with one attached hydrogen (secondary N) is 1. The second kappa shape index (κ2) is 6.21. The molecule has 0 aliphatic carbocycles. The highest BCUT2D eigenvalue weighted by molar-refractivity contribution is 5.76. The summed E-state index contributed by atoms with van der Waals surface area (Å²) in [6, 6.07) is 0.733. The van der Waals surface area contributed by atoms with Crippen molar-refractivity contribution in [3.8, 4) is 0 Å². The van der Waals surface area contributed by atoms with E-state index in [-0.39, 0.29) is 6.03 Å². The van der Waals surface area contributed by atoms with Crippen LogP contribution in [-0.2, 0) is 0 Å². The lowest BCUT2D eigenvalue weighted by Crippen LogP contribution is -2.45. The number of likely N-dealkylation sites (tertiary alicyclic amines) is 1. The van der Waals surface area contributed by atoms with Crippen LogP contribution in [0.1, 0.15) is 25.7 Å². The number of rotatable bonds is 5. The quantitative estimate of drug-likeness (QED) is 0.722. The third-order valence-corrected chi connectivity index (χ3v) is 3.85. The number of piperidine rings is 1. The fourth-order valence-electron chi connectivity index (χ4n) is 2.85. The highest BCUT2D eigenvalue weighted by Crippen LogP contribution is 2.18. The SMILES string of the molecule is NCCC1CCCCN1CCN1CCNC1=O. The number of nitrogens with two attached hydrogens (primary N) is 1. The van der Waals surface area contributed by atoms with E-state index in [4.69, 9.17) is 5.73 Å². The molecule has 0 radical (unpaired) electrons. The number of amides is 2. The first-order valence-electron chi connectivity index (χ1n) is 6.78. The van der Waals surface area contributed by atoms with E-state index in [0.717, 1.165) is 39.1 Å². The summed E-state index contributed by atoms with van der Waals surface area (Å²) in [6.45, 7) is 5.44. The van der Waals surface area contributed by atoms with Gasteiger partial charge in [0.25, 0.3) is 0 Å². The van der Waals surface area contributed by atoms with Gasteiger partial charge < -0.3 is 16.0 Å². The number of carbonyl (C=O) groups excluding carboxylic acids is 1. The Morgan fingerprint density at radius 1 is 1.29 bits per heavy atom. The van der Waals surface area contributed by atoms with Crippen LogP contribution >= 0.6 is 0 Å². The summed E-state index contributed by atoms with van der Waals surface area (Å²) >= 11 is 0. The Bertz CT molecular complexity index is 257. The average molecular weight is 240 g/mol. The highest BCUT2D eigenvalue weighted by atomic mass is 16.2. The first-order valence-corrected chi connectivity index (χ1v) is 6.78. The van der Waals surface area contributed by atoms with Crippen molar-refractivity contribution in [3.63, 3.8) is 0 Å². The summed E-state index contributed by atoms with van der Waals surface area (Å²) in [5, 5.41) is 2.84. The van der Waals surface area contributed by atoms with E-state index in [1.807, 2.05) is 4.90 Å². The molecule has 1 atom stereocenters. The van der Waals surface area contributed by atoms with Crippen LogP contribution in [0.25, 0.3) is 0 Å². The average Bonchev–Trinajstić information content (AvgIpc) is 2.74. The topological polar surface area (TPSA) is 61.6 Å². The third-order valence-electron chi connectivity index (χ3n) is 3.85. The summed E-state index contributed by atoms with van der Waals surface area (Å²) in [7, 11) is 0. The van der Waals surface area contributed by atoms with Crippen molar-refractivity contribution in [2.45, 2.75) is 31.7 Å². The number of carbonyl (C=O) groups is 1. The maximum atomic E-state index is 11.4. The van der Waals surface area contributed by atoms with Crippen LogP contribution in [0.2, 0.25) is 0 Å². The predicted molar refractivity (Wildman–Crippen MR) is 67.9 cm³/mol. The van der Waals surface area contributed by atoms with E-state index >= 15 is 0 Å². The molecular weight excluding hydrogens is 216 g/mol. The van der Waals surface area contributed by atoms with Crippen molar-refractivity contribution >= 4 is 6.03 Å². The fourth-order valence-corrected chi connectivity index (χ4v) is 2.85. The summed E-state index contributed by atoms with van der Waals surface area (Å²) in [4.78, 5) is 15.9. The molecule has 2 aliphatic rings. The van der Waals surface area contributed by atoms with Gasteiger partial charge in [-0.05, 0) is 32.4 Å². The summed E-state index contributed by atoms with van der Waals surface area (Å²) in [5.41, 5.74) is 5.66. The van der Waals surface area contributed by atoms with Crippen LogP contribution in [0.4, 0.5) is 4.79 Å². The molecule has 2 amide bonds. The van der Waals surface area contributed by atoms with E-state index in [0.29, 0.717) is 6.04 Å². The van der Waals surface area contributed by atoms with Crippen molar-refractivity contribution < 1.29 is 4.79 Å². The van der Waals surface area contributed by atoms with Crippen LogP contribution in [0.15, 0.2) is 0 Å². The zero-order valence-electron chi connectivity index (χ0n) is 10.5. The molecule has 0 saturated carbocycles. The second-order valence-corrected chi connectivity index (χ2v) is 4.98. The monoisotopic (exact) mass is 240 g/mol. The van der Waals surface area contributed by atoms with Gasteiger partial charge in [-0.3, -0.25) is 4.90 Å². The largest absolute Gasteiger partial charge is 0.336 e. The first-order chi connectivity index (χ1) is 8.31. The van der Waals surface area contributed by atoms with Gasteiger partial charge in [0.2, 0.25) is 0 Å². The molecule has 3 N–H and O–H groups in total. The molecule has 0 aromatic heterocycles. The lowest BCUT2D eigenvalue weighted by Gasteiger charge is -2.36. The maximum Gasteiger partial charge on any atom is 0.317 e. The molecule has 5 nitrogen and oxygen atoms in total. The van der Waals surface area contributed by atoms with Gasteiger partial charge in [-0.25, -0.2) is 4.79 Å². The Kier molecular flexibility index (Phi) is 4.62. The minimum Gasteiger partial charge on any atom is -0.336 e. The number of urea groups is 1.